The third-order valence-corrected chi connectivity index (χ3v) is 3.71. The van der Waals surface area contributed by atoms with Crippen molar-refractivity contribution in [2.24, 2.45) is 13.0 Å². The molecule has 1 saturated carbocycles. The van der Waals surface area contributed by atoms with Crippen molar-refractivity contribution in [2.45, 2.75) is 25.4 Å². The summed E-state index contributed by atoms with van der Waals surface area (Å²) in [6.45, 7) is 4.54. The number of nitrogens with zero attached hydrogens (tertiary/aromatic N) is 3. The zero-order chi connectivity index (χ0) is 11.0. The molecule has 0 bridgehead atoms. The largest absolute Gasteiger partial charge is 0.314 e. The summed E-state index contributed by atoms with van der Waals surface area (Å²) in [6, 6.07) is 0.758. The Bertz CT molecular complexity index is 356. The third kappa shape index (κ3) is 2.13. The summed E-state index contributed by atoms with van der Waals surface area (Å²) >= 11 is 0. The molecule has 2 heterocycles. The molecule has 0 aromatic carbocycles. The molecule has 1 unspecified atom stereocenters. The van der Waals surface area contributed by atoms with E-state index in [-0.39, 0.29) is 0 Å². The lowest BCUT2D eigenvalue weighted by molar-refractivity contribution is 0.135. The second-order valence-electron chi connectivity index (χ2n) is 5.10. The number of nitrogens with one attached hydrogen (secondary N) is 1. The first-order valence-electron chi connectivity index (χ1n) is 6.25. The molecule has 1 N–H and O–H groups in total. The third-order valence-electron chi connectivity index (χ3n) is 3.71. The highest BCUT2D eigenvalue weighted by atomic mass is 15.3. The van der Waals surface area contributed by atoms with Crippen LogP contribution in [0.25, 0.3) is 0 Å². The van der Waals surface area contributed by atoms with E-state index < -0.39 is 0 Å². The van der Waals surface area contributed by atoms with Crippen LogP contribution in [-0.2, 0) is 13.6 Å². The van der Waals surface area contributed by atoms with Crippen molar-refractivity contribution in [3.8, 4) is 0 Å². The second-order valence-corrected chi connectivity index (χ2v) is 5.10. The normalized spacial score (nSPS) is 27.2. The van der Waals surface area contributed by atoms with Crippen LogP contribution in [0.2, 0.25) is 0 Å². The molecule has 88 valence electrons. The van der Waals surface area contributed by atoms with Gasteiger partial charge in [-0.15, -0.1) is 0 Å². The quantitative estimate of drug-likeness (QED) is 0.810. The van der Waals surface area contributed by atoms with Crippen molar-refractivity contribution in [1.29, 1.82) is 0 Å². The molecule has 1 aromatic heterocycles. The fourth-order valence-corrected chi connectivity index (χ4v) is 2.70. The van der Waals surface area contributed by atoms with E-state index in [0.29, 0.717) is 0 Å². The van der Waals surface area contributed by atoms with Gasteiger partial charge in [-0.2, -0.15) is 5.10 Å². The Hall–Kier alpha value is -0.870. The number of piperazine rings is 1. The van der Waals surface area contributed by atoms with Gasteiger partial charge in [0.1, 0.15) is 0 Å². The molecule has 0 radical (unpaired) electrons. The van der Waals surface area contributed by atoms with Gasteiger partial charge in [0.15, 0.2) is 0 Å². The highest BCUT2D eigenvalue weighted by Crippen LogP contribution is 2.36. The van der Waals surface area contributed by atoms with Crippen LogP contribution in [0.1, 0.15) is 18.4 Å². The summed E-state index contributed by atoms with van der Waals surface area (Å²) in [5.74, 6) is 0.949. The fraction of sp³-hybridized carbons (Fsp3) is 0.750. The Kier molecular flexibility index (Phi) is 2.69. The first-order valence-corrected chi connectivity index (χ1v) is 6.25. The molecular weight excluding hydrogens is 200 g/mol. The number of hydrogen-bond donors (Lipinski definition) is 1. The van der Waals surface area contributed by atoms with Crippen molar-refractivity contribution >= 4 is 0 Å². The van der Waals surface area contributed by atoms with Crippen molar-refractivity contribution in [1.82, 2.24) is 20.0 Å². The number of aryl methyl sites for hydroxylation is 1. The molecule has 2 fully saturated rings. The maximum atomic E-state index is 4.24. The van der Waals surface area contributed by atoms with Gasteiger partial charge in [-0.3, -0.25) is 9.58 Å². The van der Waals surface area contributed by atoms with Gasteiger partial charge in [-0.25, -0.2) is 0 Å². The van der Waals surface area contributed by atoms with Crippen LogP contribution in [0, 0.1) is 5.92 Å². The van der Waals surface area contributed by atoms with Crippen LogP contribution in [0.15, 0.2) is 12.4 Å². The highest BCUT2D eigenvalue weighted by molar-refractivity contribution is 5.05. The van der Waals surface area contributed by atoms with Gasteiger partial charge in [0.25, 0.3) is 0 Å². The van der Waals surface area contributed by atoms with Crippen molar-refractivity contribution < 1.29 is 0 Å². The van der Waals surface area contributed by atoms with E-state index in [2.05, 4.69) is 21.5 Å². The van der Waals surface area contributed by atoms with Crippen molar-refractivity contribution in [2.75, 3.05) is 19.6 Å². The minimum Gasteiger partial charge on any atom is -0.314 e. The van der Waals surface area contributed by atoms with E-state index in [4.69, 9.17) is 0 Å². The number of rotatable bonds is 3. The summed E-state index contributed by atoms with van der Waals surface area (Å²) in [6.07, 6.45) is 6.98. The lowest BCUT2D eigenvalue weighted by Crippen LogP contribution is -2.51. The van der Waals surface area contributed by atoms with Gasteiger partial charge < -0.3 is 5.32 Å². The highest BCUT2D eigenvalue weighted by Gasteiger charge is 2.36. The van der Waals surface area contributed by atoms with E-state index in [1.54, 1.807) is 0 Å². The van der Waals surface area contributed by atoms with E-state index in [1.807, 2.05) is 17.9 Å². The van der Waals surface area contributed by atoms with Gasteiger partial charge in [0.2, 0.25) is 0 Å². The zero-order valence-electron chi connectivity index (χ0n) is 9.89. The molecule has 1 aliphatic heterocycles. The average molecular weight is 220 g/mol. The Morgan fingerprint density at radius 3 is 3.06 bits per heavy atom. The molecule has 1 atom stereocenters. The van der Waals surface area contributed by atoms with E-state index in [1.165, 1.54) is 31.5 Å². The lowest BCUT2D eigenvalue weighted by atomic mass is 10.1. The van der Waals surface area contributed by atoms with Gasteiger partial charge in [-0.05, 0) is 18.8 Å². The molecule has 4 heteroatoms. The monoisotopic (exact) mass is 220 g/mol. The Morgan fingerprint density at radius 2 is 2.38 bits per heavy atom. The first kappa shape index (κ1) is 10.3. The molecule has 3 rings (SSSR count). The molecule has 0 amide bonds. The minimum absolute atomic E-state index is 0.758. The molecular formula is C12H20N4. The van der Waals surface area contributed by atoms with Crippen molar-refractivity contribution in [3.63, 3.8) is 0 Å². The van der Waals surface area contributed by atoms with Crippen molar-refractivity contribution in [3.05, 3.63) is 18.0 Å². The fourth-order valence-electron chi connectivity index (χ4n) is 2.70. The SMILES string of the molecule is Cn1cc(CN2CCNCC2C2CC2)cn1. The minimum atomic E-state index is 0.758. The molecule has 1 saturated heterocycles. The Labute approximate surface area is 96.6 Å². The maximum absolute atomic E-state index is 4.24. The molecule has 1 aliphatic carbocycles. The van der Waals surface area contributed by atoms with E-state index in [9.17, 15) is 0 Å². The molecule has 2 aliphatic rings. The first-order chi connectivity index (χ1) is 7.83. The van der Waals surface area contributed by atoms with E-state index in [0.717, 1.165) is 25.0 Å². The summed E-state index contributed by atoms with van der Waals surface area (Å²) in [5.41, 5.74) is 1.34. The van der Waals surface area contributed by atoms with Gasteiger partial charge in [-0.1, -0.05) is 0 Å². The lowest BCUT2D eigenvalue weighted by Gasteiger charge is -2.36. The summed E-state index contributed by atoms with van der Waals surface area (Å²) < 4.78 is 1.89. The summed E-state index contributed by atoms with van der Waals surface area (Å²) in [7, 11) is 1.99. The van der Waals surface area contributed by atoms with Crippen LogP contribution >= 0.6 is 0 Å². The topological polar surface area (TPSA) is 33.1 Å². The molecule has 0 spiro atoms. The summed E-state index contributed by atoms with van der Waals surface area (Å²) in [4.78, 5) is 2.63. The van der Waals surface area contributed by atoms with Crippen LogP contribution in [-0.4, -0.2) is 40.4 Å². The molecule has 4 nitrogen and oxygen atoms in total. The number of aromatic nitrogens is 2. The Balaban J connectivity index is 1.67. The van der Waals surface area contributed by atoms with Gasteiger partial charge >= 0.3 is 0 Å². The van der Waals surface area contributed by atoms with Crippen LogP contribution in [0.5, 0.6) is 0 Å². The standard InChI is InChI=1S/C12H20N4/c1-15-8-10(6-14-15)9-16-5-4-13-7-12(16)11-2-3-11/h6,8,11-13H,2-5,7,9H2,1H3. The molecule has 1 aromatic rings. The van der Waals surface area contributed by atoms with Crippen LogP contribution in [0.4, 0.5) is 0 Å². The average Bonchev–Trinajstić information content (AvgIpc) is 3.04. The maximum Gasteiger partial charge on any atom is 0.0534 e. The smallest absolute Gasteiger partial charge is 0.0534 e. The van der Waals surface area contributed by atoms with Crippen LogP contribution < -0.4 is 5.32 Å². The van der Waals surface area contributed by atoms with Gasteiger partial charge in [0, 0.05) is 51.0 Å². The van der Waals surface area contributed by atoms with Gasteiger partial charge in [0.05, 0.1) is 6.20 Å². The van der Waals surface area contributed by atoms with E-state index >= 15 is 0 Å². The Morgan fingerprint density at radius 1 is 1.50 bits per heavy atom. The second kappa shape index (κ2) is 4.18. The summed E-state index contributed by atoms with van der Waals surface area (Å²) in [5, 5.41) is 7.76. The predicted molar refractivity (Wildman–Crippen MR) is 63.0 cm³/mol. The molecule has 16 heavy (non-hydrogen) atoms. The van der Waals surface area contributed by atoms with Crippen LogP contribution in [0.3, 0.4) is 0 Å². The zero-order valence-corrected chi connectivity index (χ0v) is 9.89. The predicted octanol–water partition coefficient (Wildman–Crippen LogP) is 0.604. The number of hydrogen-bond acceptors (Lipinski definition) is 3.